The Hall–Kier alpha value is -3.08. The topological polar surface area (TPSA) is 75.6 Å². The largest absolute Gasteiger partial charge is 0.507 e. The van der Waals surface area contributed by atoms with Crippen LogP contribution in [-0.4, -0.2) is 23.9 Å². The van der Waals surface area contributed by atoms with Gasteiger partial charge in [0.25, 0.3) is 11.7 Å². The molecule has 26 heavy (non-hydrogen) atoms. The molecule has 2 aromatic carbocycles. The number of hydrogen-bond donors (Lipinski definition) is 2. The molecule has 3 rings (SSSR count). The molecule has 0 spiro atoms. The summed E-state index contributed by atoms with van der Waals surface area (Å²) in [6, 6.07) is 13.7. The van der Waals surface area contributed by atoms with Crippen LogP contribution in [0.1, 0.15) is 42.5 Å². The number of Topliss-reactive ketones (excluding diaryl/α,β-unsaturated/α-hetero) is 1. The molecule has 0 radical (unpaired) electrons. The molecule has 1 heterocycles. The average molecular weight is 351 g/mol. The number of rotatable bonds is 4. The summed E-state index contributed by atoms with van der Waals surface area (Å²) >= 11 is 0. The first-order chi connectivity index (χ1) is 12.4. The number of nitrogens with one attached hydrogen (secondary N) is 1. The summed E-state index contributed by atoms with van der Waals surface area (Å²) in [6.45, 7) is 4.19. The van der Waals surface area contributed by atoms with Gasteiger partial charge in [0.2, 0.25) is 0 Å². The molecule has 1 saturated heterocycles. The zero-order valence-electron chi connectivity index (χ0n) is 14.9. The molecule has 1 fully saturated rings. The molecule has 1 amide bonds. The number of carbonyl (C=O) groups is 2. The lowest BCUT2D eigenvalue weighted by molar-refractivity contribution is -0.133. The van der Waals surface area contributed by atoms with Crippen LogP contribution in [0.4, 0.5) is 0 Å². The summed E-state index contributed by atoms with van der Waals surface area (Å²) < 4.78 is 5.16. The highest BCUT2D eigenvalue weighted by Crippen LogP contribution is 2.34. The molecular weight excluding hydrogens is 330 g/mol. The number of amides is 1. The van der Waals surface area contributed by atoms with E-state index in [-0.39, 0.29) is 11.3 Å². The van der Waals surface area contributed by atoms with E-state index in [4.69, 9.17) is 4.74 Å². The Labute approximate surface area is 152 Å². The van der Waals surface area contributed by atoms with E-state index in [1.54, 1.807) is 24.3 Å². The maximum atomic E-state index is 12.4. The zero-order valence-corrected chi connectivity index (χ0v) is 14.9. The van der Waals surface area contributed by atoms with E-state index >= 15 is 0 Å². The van der Waals surface area contributed by atoms with Crippen LogP contribution in [0.25, 0.3) is 5.76 Å². The maximum Gasteiger partial charge on any atom is 0.293 e. The van der Waals surface area contributed by atoms with E-state index in [0.717, 1.165) is 11.1 Å². The minimum absolute atomic E-state index is 0.0561. The van der Waals surface area contributed by atoms with Crippen molar-refractivity contribution in [3.05, 3.63) is 70.8 Å². The van der Waals surface area contributed by atoms with E-state index < -0.39 is 17.7 Å². The Morgan fingerprint density at radius 1 is 1.12 bits per heavy atom. The molecule has 1 aliphatic heterocycles. The van der Waals surface area contributed by atoms with Gasteiger partial charge in [0, 0.05) is 5.56 Å². The quantitative estimate of drug-likeness (QED) is 0.502. The van der Waals surface area contributed by atoms with Gasteiger partial charge in [0.05, 0.1) is 18.7 Å². The van der Waals surface area contributed by atoms with Gasteiger partial charge < -0.3 is 15.2 Å². The smallest absolute Gasteiger partial charge is 0.293 e. The van der Waals surface area contributed by atoms with Gasteiger partial charge >= 0.3 is 0 Å². The van der Waals surface area contributed by atoms with Gasteiger partial charge in [-0.2, -0.15) is 0 Å². The summed E-state index contributed by atoms with van der Waals surface area (Å²) in [7, 11) is 1.52. The third kappa shape index (κ3) is 3.20. The number of carbonyl (C=O) groups excluding carboxylic acids is 2. The van der Waals surface area contributed by atoms with Crippen LogP contribution in [0.2, 0.25) is 0 Å². The van der Waals surface area contributed by atoms with Gasteiger partial charge in [0.15, 0.2) is 0 Å². The van der Waals surface area contributed by atoms with Crippen molar-refractivity contribution in [3.8, 4) is 5.75 Å². The van der Waals surface area contributed by atoms with Gasteiger partial charge in [-0.05, 0) is 29.2 Å². The second-order valence-corrected chi connectivity index (χ2v) is 6.55. The maximum absolute atomic E-state index is 12.4. The molecule has 2 N–H and O–H groups in total. The molecule has 0 aliphatic carbocycles. The van der Waals surface area contributed by atoms with Crippen LogP contribution in [0.15, 0.2) is 54.1 Å². The predicted octanol–water partition coefficient (Wildman–Crippen LogP) is 3.53. The first-order valence-electron chi connectivity index (χ1n) is 8.45. The van der Waals surface area contributed by atoms with Crippen LogP contribution in [0.3, 0.4) is 0 Å². The Bertz CT molecular complexity index is 881. The van der Waals surface area contributed by atoms with E-state index in [2.05, 4.69) is 19.2 Å². The number of benzene rings is 2. The number of aliphatic hydroxyl groups is 1. The summed E-state index contributed by atoms with van der Waals surface area (Å²) in [5.41, 5.74) is 2.39. The zero-order chi connectivity index (χ0) is 18.8. The van der Waals surface area contributed by atoms with Gasteiger partial charge in [-0.15, -0.1) is 0 Å². The van der Waals surface area contributed by atoms with Crippen molar-refractivity contribution in [3.63, 3.8) is 0 Å². The number of ether oxygens (including phenoxy) is 1. The molecule has 1 atom stereocenters. The highest BCUT2D eigenvalue weighted by atomic mass is 16.5. The fourth-order valence-corrected chi connectivity index (χ4v) is 3.02. The normalized spacial score (nSPS) is 18.8. The third-order valence-corrected chi connectivity index (χ3v) is 4.55. The molecule has 134 valence electrons. The SMILES string of the molecule is COc1cccc(/C(O)=C2/C(=O)C(=O)NC2c2ccc(C(C)C)cc2)c1. The highest BCUT2D eigenvalue weighted by molar-refractivity contribution is 6.46. The van der Waals surface area contributed by atoms with Crippen LogP contribution in [-0.2, 0) is 9.59 Å². The van der Waals surface area contributed by atoms with Crippen molar-refractivity contribution < 1.29 is 19.4 Å². The molecule has 2 aromatic rings. The number of methoxy groups -OCH3 is 1. The minimum Gasteiger partial charge on any atom is -0.507 e. The van der Waals surface area contributed by atoms with Crippen molar-refractivity contribution in [1.82, 2.24) is 5.32 Å². The van der Waals surface area contributed by atoms with Crippen molar-refractivity contribution in [1.29, 1.82) is 0 Å². The first-order valence-corrected chi connectivity index (χ1v) is 8.45. The summed E-state index contributed by atoms with van der Waals surface area (Å²) in [4.78, 5) is 24.3. The lowest BCUT2D eigenvalue weighted by atomic mass is 9.93. The van der Waals surface area contributed by atoms with Crippen LogP contribution >= 0.6 is 0 Å². The van der Waals surface area contributed by atoms with Crippen LogP contribution in [0.5, 0.6) is 5.75 Å². The summed E-state index contributed by atoms with van der Waals surface area (Å²) in [5, 5.41) is 13.4. The molecule has 0 saturated carbocycles. The summed E-state index contributed by atoms with van der Waals surface area (Å²) in [5.74, 6) is -0.720. The number of aliphatic hydroxyl groups excluding tert-OH is 1. The fraction of sp³-hybridized carbons (Fsp3) is 0.238. The van der Waals surface area contributed by atoms with Gasteiger partial charge in [0.1, 0.15) is 11.5 Å². The van der Waals surface area contributed by atoms with Crippen LogP contribution < -0.4 is 10.1 Å². The van der Waals surface area contributed by atoms with E-state index in [1.165, 1.54) is 7.11 Å². The van der Waals surface area contributed by atoms with Crippen molar-refractivity contribution in [2.75, 3.05) is 7.11 Å². The highest BCUT2D eigenvalue weighted by Gasteiger charge is 2.39. The minimum atomic E-state index is -0.719. The Kier molecular flexibility index (Phi) is 4.80. The Balaban J connectivity index is 2.06. The lowest BCUT2D eigenvalue weighted by Gasteiger charge is -2.15. The Morgan fingerprint density at radius 2 is 1.81 bits per heavy atom. The standard InChI is InChI=1S/C21H21NO4/c1-12(2)13-7-9-14(10-8-13)18-17(20(24)21(25)22-18)19(23)15-5-4-6-16(11-15)26-3/h4-12,18,23H,1-3H3,(H,22,25)/b19-17-. The lowest BCUT2D eigenvalue weighted by Crippen LogP contribution is -2.21. The van der Waals surface area contributed by atoms with Crippen molar-refractivity contribution >= 4 is 17.4 Å². The second-order valence-electron chi connectivity index (χ2n) is 6.55. The molecule has 0 aromatic heterocycles. The third-order valence-electron chi connectivity index (χ3n) is 4.55. The van der Waals surface area contributed by atoms with Crippen molar-refractivity contribution in [2.24, 2.45) is 0 Å². The second kappa shape index (κ2) is 7.04. The fourth-order valence-electron chi connectivity index (χ4n) is 3.02. The molecule has 5 heteroatoms. The number of ketones is 1. The molecule has 1 aliphatic rings. The van der Waals surface area contributed by atoms with Gasteiger partial charge in [-0.1, -0.05) is 50.2 Å². The molecular formula is C21H21NO4. The summed E-state index contributed by atoms with van der Waals surface area (Å²) in [6.07, 6.45) is 0. The van der Waals surface area contributed by atoms with Gasteiger partial charge in [-0.3, -0.25) is 9.59 Å². The first kappa shape index (κ1) is 17.7. The van der Waals surface area contributed by atoms with E-state index in [9.17, 15) is 14.7 Å². The average Bonchev–Trinajstić information content (AvgIpc) is 2.96. The van der Waals surface area contributed by atoms with E-state index in [1.807, 2.05) is 24.3 Å². The predicted molar refractivity (Wildman–Crippen MR) is 99.0 cm³/mol. The Morgan fingerprint density at radius 3 is 2.42 bits per heavy atom. The molecule has 0 bridgehead atoms. The van der Waals surface area contributed by atoms with Gasteiger partial charge in [-0.25, -0.2) is 0 Å². The molecule has 1 unspecified atom stereocenters. The monoisotopic (exact) mass is 351 g/mol. The molecule has 5 nitrogen and oxygen atoms in total. The van der Waals surface area contributed by atoms with Crippen molar-refractivity contribution in [2.45, 2.75) is 25.8 Å². The van der Waals surface area contributed by atoms with Crippen LogP contribution in [0, 0.1) is 0 Å². The van der Waals surface area contributed by atoms with E-state index in [0.29, 0.717) is 17.2 Å². The number of hydrogen-bond acceptors (Lipinski definition) is 4.